The summed E-state index contributed by atoms with van der Waals surface area (Å²) in [6.07, 6.45) is 4.90. The highest BCUT2D eigenvalue weighted by Crippen LogP contribution is 2.11. The predicted molar refractivity (Wildman–Crippen MR) is 57.3 cm³/mol. The maximum absolute atomic E-state index is 12.9. The van der Waals surface area contributed by atoms with Crippen LogP contribution in [0.5, 0.6) is 0 Å². The molecule has 2 aromatic rings. The zero-order valence-corrected chi connectivity index (χ0v) is 9.13. The van der Waals surface area contributed by atoms with E-state index in [0.29, 0.717) is 12.4 Å². The highest BCUT2D eigenvalue weighted by atomic mass is 19.1. The van der Waals surface area contributed by atoms with Crippen LogP contribution in [0.1, 0.15) is 5.56 Å². The van der Waals surface area contributed by atoms with Gasteiger partial charge < -0.3 is 4.90 Å². The van der Waals surface area contributed by atoms with E-state index in [1.54, 1.807) is 10.9 Å². The van der Waals surface area contributed by atoms with Crippen molar-refractivity contribution in [2.45, 2.75) is 6.54 Å². The molecule has 16 heavy (non-hydrogen) atoms. The van der Waals surface area contributed by atoms with Crippen molar-refractivity contribution >= 4 is 5.82 Å². The fourth-order valence-electron chi connectivity index (χ4n) is 1.44. The Labute approximate surface area is 92.6 Å². The van der Waals surface area contributed by atoms with Crippen molar-refractivity contribution < 1.29 is 4.39 Å². The number of rotatable bonds is 3. The summed E-state index contributed by atoms with van der Waals surface area (Å²) >= 11 is 0. The molecule has 0 aliphatic rings. The van der Waals surface area contributed by atoms with Gasteiger partial charge in [-0.15, -0.1) is 0 Å². The lowest BCUT2D eigenvalue weighted by molar-refractivity contribution is 0.578. The Morgan fingerprint density at radius 3 is 2.88 bits per heavy atom. The summed E-state index contributed by atoms with van der Waals surface area (Å²) in [5, 5.41) is 4.06. The SMILES string of the molecule is CN(Cc1cnn(C)c1)c1cc(F)ncn1. The lowest BCUT2D eigenvalue weighted by Gasteiger charge is -2.16. The molecule has 0 aliphatic heterocycles. The molecule has 6 heteroatoms. The zero-order valence-electron chi connectivity index (χ0n) is 9.13. The van der Waals surface area contributed by atoms with Gasteiger partial charge in [-0.1, -0.05) is 0 Å². The summed E-state index contributed by atoms with van der Waals surface area (Å²) < 4.78 is 14.6. The van der Waals surface area contributed by atoms with E-state index in [2.05, 4.69) is 15.1 Å². The Morgan fingerprint density at radius 2 is 2.25 bits per heavy atom. The van der Waals surface area contributed by atoms with Crippen molar-refractivity contribution in [2.24, 2.45) is 7.05 Å². The van der Waals surface area contributed by atoms with Crippen molar-refractivity contribution in [1.82, 2.24) is 19.7 Å². The monoisotopic (exact) mass is 221 g/mol. The minimum atomic E-state index is -0.525. The van der Waals surface area contributed by atoms with Gasteiger partial charge in [-0.25, -0.2) is 9.97 Å². The van der Waals surface area contributed by atoms with Gasteiger partial charge >= 0.3 is 0 Å². The number of hydrogen-bond acceptors (Lipinski definition) is 4. The zero-order chi connectivity index (χ0) is 11.5. The van der Waals surface area contributed by atoms with Crippen LogP contribution in [-0.4, -0.2) is 26.8 Å². The van der Waals surface area contributed by atoms with Gasteiger partial charge in [0.25, 0.3) is 0 Å². The molecule has 0 N–H and O–H groups in total. The molecule has 0 amide bonds. The first-order valence-electron chi connectivity index (χ1n) is 4.81. The molecule has 0 bridgehead atoms. The lowest BCUT2D eigenvalue weighted by Crippen LogP contribution is -2.17. The molecule has 0 atom stereocenters. The Balaban J connectivity index is 2.11. The van der Waals surface area contributed by atoms with E-state index < -0.39 is 5.95 Å². The van der Waals surface area contributed by atoms with E-state index in [0.717, 1.165) is 5.56 Å². The van der Waals surface area contributed by atoms with Crippen LogP contribution >= 0.6 is 0 Å². The standard InChI is InChI=1S/C10H12FN5/c1-15(5-8-4-14-16(2)6-8)10-3-9(11)12-7-13-10/h3-4,6-7H,5H2,1-2H3. The van der Waals surface area contributed by atoms with E-state index in [1.165, 1.54) is 12.4 Å². The van der Waals surface area contributed by atoms with Crippen molar-refractivity contribution in [3.8, 4) is 0 Å². The van der Waals surface area contributed by atoms with Crippen LogP contribution in [-0.2, 0) is 13.6 Å². The Hall–Kier alpha value is -1.98. The smallest absolute Gasteiger partial charge is 0.218 e. The van der Waals surface area contributed by atoms with Gasteiger partial charge in [0.1, 0.15) is 12.1 Å². The first-order valence-corrected chi connectivity index (χ1v) is 4.81. The molecule has 0 unspecified atom stereocenters. The van der Waals surface area contributed by atoms with Gasteiger partial charge in [-0.3, -0.25) is 4.68 Å². The van der Waals surface area contributed by atoms with Crippen LogP contribution in [0, 0.1) is 5.95 Å². The summed E-state index contributed by atoms with van der Waals surface area (Å²) in [6.45, 7) is 0.629. The minimum Gasteiger partial charge on any atom is -0.355 e. The second-order valence-corrected chi connectivity index (χ2v) is 3.58. The molecule has 0 spiro atoms. The minimum absolute atomic E-state index is 0.525. The number of halogens is 1. The number of anilines is 1. The van der Waals surface area contributed by atoms with Gasteiger partial charge in [-0.05, 0) is 0 Å². The number of aromatic nitrogens is 4. The van der Waals surface area contributed by atoms with E-state index >= 15 is 0 Å². The van der Waals surface area contributed by atoms with Gasteiger partial charge in [0.2, 0.25) is 5.95 Å². The first kappa shape index (κ1) is 10.5. The summed E-state index contributed by atoms with van der Waals surface area (Å²) in [6, 6.07) is 1.30. The van der Waals surface area contributed by atoms with Crippen LogP contribution in [0.25, 0.3) is 0 Å². The molecule has 5 nitrogen and oxygen atoms in total. The fourth-order valence-corrected chi connectivity index (χ4v) is 1.44. The van der Waals surface area contributed by atoms with Crippen LogP contribution in [0.4, 0.5) is 10.2 Å². The summed E-state index contributed by atoms with van der Waals surface area (Å²) in [4.78, 5) is 9.24. The third kappa shape index (κ3) is 2.33. The third-order valence-electron chi connectivity index (χ3n) is 2.19. The molecular weight excluding hydrogens is 209 g/mol. The molecule has 2 heterocycles. The summed E-state index contributed by atoms with van der Waals surface area (Å²) in [7, 11) is 3.70. The van der Waals surface area contributed by atoms with Crippen molar-refractivity contribution in [3.63, 3.8) is 0 Å². The molecule has 84 valence electrons. The maximum Gasteiger partial charge on any atom is 0.218 e. The Morgan fingerprint density at radius 1 is 1.44 bits per heavy atom. The van der Waals surface area contributed by atoms with Gasteiger partial charge in [0, 0.05) is 38.5 Å². The van der Waals surface area contributed by atoms with Gasteiger partial charge in [-0.2, -0.15) is 9.49 Å². The van der Waals surface area contributed by atoms with Crippen LogP contribution < -0.4 is 4.90 Å². The Bertz CT molecular complexity index is 482. The van der Waals surface area contributed by atoms with E-state index in [1.807, 2.05) is 25.2 Å². The predicted octanol–water partition coefficient (Wildman–Crippen LogP) is 0.986. The molecule has 2 rings (SSSR count). The highest BCUT2D eigenvalue weighted by Gasteiger charge is 2.06. The van der Waals surface area contributed by atoms with Crippen LogP contribution in [0.2, 0.25) is 0 Å². The molecule has 0 saturated carbocycles. The molecule has 0 saturated heterocycles. The largest absolute Gasteiger partial charge is 0.355 e. The van der Waals surface area contributed by atoms with Crippen molar-refractivity contribution in [3.05, 3.63) is 36.3 Å². The van der Waals surface area contributed by atoms with E-state index in [9.17, 15) is 4.39 Å². The quantitative estimate of drug-likeness (QED) is 0.725. The molecule has 0 radical (unpaired) electrons. The molecule has 0 fully saturated rings. The summed E-state index contributed by atoms with van der Waals surface area (Å²) in [5.74, 6) is 0.0272. The highest BCUT2D eigenvalue weighted by molar-refractivity contribution is 5.36. The third-order valence-corrected chi connectivity index (χ3v) is 2.19. The summed E-state index contributed by atoms with van der Waals surface area (Å²) in [5.41, 5.74) is 1.05. The normalized spacial score (nSPS) is 10.4. The average Bonchev–Trinajstić information content (AvgIpc) is 2.64. The van der Waals surface area contributed by atoms with Crippen LogP contribution in [0.3, 0.4) is 0 Å². The number of nitrogens with zero attached hydrogens (tertiary/aromatic N) is 5. The maximum atomic E-state index is 12.9. The number of aryl methyl sites for hydroxylation is 1. The topological polar surface area (TPSA) is 46.8 Å². The van der Waals surface area contributed by atoms with Crippen LogP contribution in [0.15, 0.2) is 24.8 Å². The van der Waals surface area contributed by atoms with E-state index in [-0.39, 0.29) is 0 Å². The molecule has 0 aliphatic carbocycles. The average molecular weight is 221 g/mol. The first-order chi connectivity index (χ1) is 7.65. The molecular formula is C10H12FN5. The van der Waals surface area contributed by atoms with Crippen molar-refractivity contribution in [2.75, 3.05) is 11.9 Å². The van der Waals surface area contributed by atoms with Crippen molar-refractivity contribution in [1.29, 1.82) is 0 Å². The second kappa shape index (κ2) is 4.26. The van der Waals surface area contributed by atoms with Gasteiger partial charge in [0.15, 0.2) is 0 Å². The number of hydrogen-bond donors (Lipinski definition) is 0. The second-order valence-electron chi connectivity index (χ2n) is 3.58. The fraction of sp³-hybridized carbons (Fsp3) is 0.300. The van der Waals surface area contributed by atoms with Gasteiger partial charge in [0.05, 0.1) is 6.20 Å². The van der Waals surface area contributed by atoms with E-state index in [4.69, 9.17) is 0 Å². The lowest BCUT2D eigenvalue weighted by atomic mass is 10.3. The molecule has 0 aromatic carbocycles. The Kier molecular flexibility index (Phi) is 2.80. The molecule has 2 aromatic heterocycles.